The predicted molar refractivity (Wildman–Crippen MR) is 141 cm³/mol. The van der Waals surface area contributed by atoms with E-state index in [1.807, 2.05) is 38.1 Å². The van der Waals surface area contributed by atoms with Crippen molar-refractivity contribution in [1.82, 2.24) is 0 Å². The van der Waals surface area contributed by atoms with E-state index in [2.05, 4.69) is 0 Å². The minimum atomic E-state index is -0.502. The topological polar surface area (TPSA) is 91.8 Å². The molecule has 6 rings (SSSR count). The van der Waals surface area contributed by atoms with Gasteiger partial charge in [-0.15, -0.1) is 0 Å². The van der Waals surface area contributed by atoms with Crippen LogP contribution < -0.4 is 9.80 Å². The van der Waals surface area contributed by atoms with Crippen LogP contribution in [0.5, 0.6) is 0 Å². The molecule has 0 N–H and O–H groups in total. The second-order valence-corrected chi connectivity index (χ2v) is 9.31. The third kappa shape index (κ3) is 3.33. The average molecular weight is 501 g/mol. The number of hydrogen-bond acceptors (Lipinski definition) is 5. The Morgan fingerprint density at radius 3 is 1.26 bits per heavy atom. The van der Waals surface area contributed by atoms with E-state index in [9.17, 15) is 24.0 Å². The highest BCUT2D eigenvalue weighted by Crippen LogP contribution is 2.33. The highest BCUT2D eigenvalue weighted by atomic mass is 16.2. The maximum atomic E-state index is 13.4. The molecule has 0 bridgehead atoms. The molecule has 4 aromatic rings. The summed E-state index contributed by atoms with van der Waals surface area (Å²) in [5.74, 6) is -2.33. The third-order valence-corrected chi connectivity index (χ3v) is 7.01. The molecular formula is C31H20N2O5. The van der Waals surface area contributed by atoms with Crippen molar-refractivity contribution < 1.29 is 24.0 Å². The van der Waals surface area contributed by atoms with Gasteiger partial charge in [-0.05, 0) is 61.4 Å². The molecule has 7 nitrogen and oxygen atoms in total. The Bertz CT molecular complexity index is 1630. The normalized spacial score (nSPS) is 14.3. The van der Waals surface area contributed by atoms with Crippen LogP contribution in [0.3, 0.4) is 0 Å². The maximum Gasteiger partial charge on any atom is 0.266 e. The number of benzene rings is 4. The number of para-hydroxylation sites is 2. The first-order chi connectivity index (χ1) is 18.3. The van der Waals surface area contributed by atoms with Crippen molar-refractivity contribution in [3.8, 4) is 0 Å². The third-order valence-electron chi connectivity index (χ3n) is 7.01. The van der Waals surface area contributed by atoms with Crippen LogP contribution in [-0.4, -0.2) is 29.4 Å². The lowest BCUT2D eigenvalue weighted by Gasteiger charge is -2.16. The Morgan fingerprint density at radius 2 is 0.868 bits per heavy atom. The summed E-state index contributed by atoms with van der Waals surface area (Å²) in [4.78, 5) is 68.1. The van der Waals surface area contributed by atoms with Crippen molar-refractivity contribution in [3.05, 3.63) is 129 Å². The van der Waals surface area contributed by atoms with Crippen molar-refractivity contribution in [2.75, 3.05) is 9.80 Å². The summed E-state index contributed by atoms with van der Waals surface area (Å²) in [5.41, 5.74) is 3.65. The number of amides is 4. The SMILES string of the molecule is Cc1ccccc1N1C(=O)c2ccc(C(=O)c3ccc4c(c3)C(=O)N(c3ccccc3C)C4=O)cc2C1=O. The fourth-order valence-electron chi connectivity index (χ4n) is 5.00. The van der Waals surface area contributed by atoms with Crippen LogP contribution in [0.1, 0.15) is 68.5 Å². The monoisotopic (exact) mass is 500 g/mol. The summed E-state index contributed by atoms with van der Waals surface area (Å²) in [7, 11) is 0. The number of nitrogens with zero attached hydrogens (tertiary/aromatic N) is 2. The van der Waals surface area contributed by atoms with Gasteiger partial charge in [0.1, 0.15) is 0 Å². The predicted octanol–water partition coefficient (Wildman–Crippen LogP) is 5.14. The van der Waals surface area contributed by atoms with Crippen LogP contribution in [0.15, 0.2) is 84.9 Å². The van der Waals surface area contributed by atoms with E-state index in [-0.39, 0.29) is 33.4 Å². The molecule has 2 aliphatic heterocycles. The van der Waals surface area contributed by atoms with Crippen LogP contribution in [0.4, 0.5) is 11.4 Å². The Morgan fingerprint density at radius 1 is 0.500 bits per heavy atom. The summed E-state index contributed by atoms with van der Waals surface area (Å²) in [5, 5.41) is 0. The smallest absolute Gasteiger partial charge is 0.266 e. The summed E-state index contributed by atoms with van der Waals surface area (Å²) < 4.78 is 0. The second-order valence-electron chi connectivity index (χ2n) is 9.31. The van der Waals surface area contributed by atoms with Crippen molar-refractivity contribution in [1.29, 1.82) is 0 Å². The zero-order valence-electron chi connectivity index (χ0n) is 20.5. The molecule has 0 aromatic heterocycles. The Kier molecular flexibility index (Phi) is 5.17. The van der Waals surface area contributed by atoms with E-state index in [1.165, 1.54) is 36.4 Å². The minimum absolute atomic E-state index is 0.141. The average Bonchev–Trinajstić information content (AvgIpc) is 3.32. The molecule has 0 fully saturated rings. The lowest BCUT2D eigenvalue weighted by Crippen LogP contribution is -2.29. The molecule has 38 heavy (non-hydrogen) atoms. The minimum Gasteiger partial charge on any atom is -0.289 e. The van der Waals surface area contributed by atoms with Crippen molar-refractivity contribution >= 4 is 40.8 Å². The van der Waals surface area contributed by atoms with Gasteiger partial charge in [-0.25, -0.2) is 9.80 Å². The molecule has 4 aromatic carbocycles. The van der Waals surface area contributed by atoms with Crippen LogP contribution in [0.25, 0.3) is 0 Å². The number of imide groups is 2. The summed E-state index contributed by atoms with van der Waals surface area (Å²) in [6.07, 6.45) is 0. The second kappa shape index (κ2) is 8.45. The van der Waals surface area contributed by atoms with Crippen molar-refractivity contribution in [2.24, 2.45) is 0 Å². The summed E-state index contributed by atoms with van der Waals surface area (Å²) in [6.45, 7) is 3.63. The van der Waals surface area contributed by atoms with Crippen molar-refractivity contribution in [3.63, 3.8) is 0 Å². The molecule has 0 radical (unpaired) electrons. The number of fused-ring (bicyclic) bond motifs is 2. The molecule has 0 spiro atoms. The van der Waals surface area contributed by atoms with Gasteiger partial charge in [-0.3, -0.25) is 24.0 Å². The fraction of sp³-hybridized carbons (Fsp3) is 0.0645. The number of rotatable bonds is 4. The summed E-state index contributed by atoms with van der Waals surface area (Å²) >= 11 is 0. The number of carbonyl (C=O) groups excluding carboxylic acids is 5. The molecule has 4 amide bonds. The number of ketones is 1. The fourth-order valence-corrected chi connectivity index (χ4v) is 5.00. The Labute approximate surface area is 217 Å². The lowest BCUT2D eigenvalue weighted by molar-refractivity contribution is 0.0910. The van der Waals surface area contributed by atoms with Gasteiger partial charge in [0.15, 0.2) is 5.78 Å². The summed E-state index contributed by atoms with van der Waals surface area (Å²) in [6, 6.07) is 22.9. The highest BCUT2D eigenvalue weighted by molar-refractivity contribution is 6.36. The Balaban J connectivity index is 1.34. The van der Waals surface area contributed by atoms with Gasteiger partial charge in [-0.1, -0.05) is 48.5 Å². The zero-order chi connectivity index (χ0) is 26.7. The van der Waals surface area contributed by atoms with Gasteiger partial charge in [0, 0.05) is 11.1 Å². The largest absolute Gasteiger partial charge is 0.289 e. The number of aryl methyl sites for hydroxylation is 2. The van der Waals surface area contributed by atoms with Gasteiger partial charge in [0.25, 0.3) is 23.6 Å². The quantitative estimate of drug-likeness (QED) is 0.286. The van der Waals surface area contributed by atoms with Crippen LogP contribution in [0, 0.1) is 13.8 Å². The Hall–Kier alpha value is -5.17. The van der Waals surface area contributed by atoms with E-state index in [0.29, 0.717) is 11.4 Å². The molecule has 0 unspecified atom stereocenters. The van der Waals surface area contributed by atoms with Crippen molar-refractivity contribution in [2.45, 2.75) is 13.8 Å². The number of anilines is 2. The van der Waals surface area contributed by atoms with Gasteiger partial charge >= 0.3 is 0 Å². The first-order valence-corrected chi connectivity index (χ1v) is 12.0. The van der Waals surface area contributed by atoms with E-state index in [1.54, 1.807) is 24.3 Å². The first-order valence-electron chi connectivity index (χ1n) is 12.0. The molecule has 0 aliphatic carbocycles. The number of carbonyl (C=O) groups is 5. The van der Waals surface area contributed by atoms with Gasteiger partial charge < -0.3 is 0 Å². The highest BCUT2D eigenvalue weighted by Gasteiger charge is 2.39. The zero-order valence-corrected chi connectivity index (χ0v) is 20.5. The standard InChI is InChI=1S/C31H20N2O5/c1-17-7-3-5-9-25(17)32-28(35)21-13-11-19(15-23(21)30(32)37)27(34)20-12-14-22-24(16-20)31(38)33(29(22)36)26-10-6-4-8-18(26)2/h3-16H,1-2H3. The molecule has 0 saturated heterocycles. The van der Waals surface area contributed by atoms with Crippen LogP contribution >= 0.6 is 0 Å². The molecular weight excluding hydrogens is 480 g/mol. The van der Waals surface area contributed by atoms with E-state index in [4.69, 9.17) is 0 Å². The molecule has 2 aliphatic rings. The molecule has 0 saturated carbocycles. The van der Waals surface area contributed by atoms with Gasteiger partial charge in [-0.2, -0.15) is 0 Å². The van der Waals surface area contributed by atoms with Gasteiger partial charge in [0.2, 0.25) is 0 Å². The molecule has 184 valence electrons. The van der Waals surface area contributed by atoms with Crippen LogP contribution in [-0.2, 0) is 0 Å². The molecule has 0 atom stereocenters. The lowest BCUT2D eigenvalue weighted by atomic mass is 9.96. The van der Waals surface area contributed by atoms with E-state index >= 15 is 0 Å². The van der Waals surface area contributed by atoms with Gasteiger partial charge in [0.05, 0.1) is 33.6 Å². The molecule has 2 heterocycles. The van der Waals surface area contributed by atoms with E-state index < -0.39 is 29.4 Å². The molecule has 7 heteroatoms. The van der Waals surface area contributed by atoms with E-state index in [0.717, 1.165) is 20.9 Å². The van der Waals surface area contributed by atoms with Crippen LogP contribution in [0.2, 0.25) is 0 Å². The first kappa shape index (κ1) is 23.2. The maximum absolute atomic E-state index is 13.4. The number of hydrogen-bond donors (Lipinski definition) is 0.